The molecule has 0 aliphatic carbocycles. The molecule has 0 unspecified atom stereocenters. The molecule has 0 saturated heterocycles. The quantitative estimate of drug-likeness (QED) is 0.341. The van der Waals surface area contributed by atoms with E-state index in [1.165, 1.54) is 32.5 Å². The zero-order chi connectivity index (χ0) is 17.9. The molecule has 4 rings (SSSR count). The summed E-state index contributed by atoms with van der Waals surface area (Å²) in [4.78, 5) is 1.32. The van der Waals surface area contributed by atoms with Crippen molar-refractivity contribution in [3.8, 4) is 0 Å². The number of halogens is 1. The van der Waals surface area contributed by atoms with E-state index in [0.717, 1.165) is 17.3 Å². The third kappa shape index (κ3) is 3.82. The molecule has 0 radical (unpaired) electrons. The third-order valence-corrected chi connectivity index (χ3v) is 5.86. The number of thioether (sulfide) groups is 1. The molecule has 0 aliphatic heterocycles. The van der Waals surface area contributed by atoms with Gasteiger partial charge >= 0.3 is 0 Å². The molecule has 3 aromatic carbocycles. The molecule has 0 saturated carbocycles. The Balaban J connectivity index is 1.62. The third-order valence-electron chi connectivity index (χ3n) is 4.50. The van der Waals surface area contributed by atoms with Crippen LogP contribution in [-0.2, 0) is 12.3 Å². The molecule has 0 N–H and O–H groups in total. The summed E-state index contributed by atoms with van der Waals surface area (Å²) < 4.78 is 2.36. The van der Waals surface area contributed by atoms with Gasteiger partial charge in [0.05, 0.1) is 0 Å². The van der Waals surface area contributed by atoms with Crippen LogP contribution in [0.3, 0.4) is 0 Å². The van der Waals surface area contributed by atoms with Crippen molar-refractivity contribution in [3.05, 3.63) is 101 Å². The highest BCUT2D eigenvalue weighted by Gasteiger charge is 2.09. The molecule has 0 bridgehead atoms. The number of benzene rings is 3. The summed E-state index contributed by atoms with van der Waals surface area (Å²) >= 11 is 7.87. The van der Waals surface area contributed by atoms with Crippen molar-refractivity contribution in [2.24, 2.45) is 0 Å². The summed E-state index contributed by atoms with van der Waals surface area (Å²) in [7, 11) is 0. The molecule has 0 amide bonds. The lowest BCUT2D eigenvalue weighted by atomic mass is 10.1. The van der Waals surface area contributed by atoms with Crippen molar-refractivity contribution in [1.82, 2.24) is 4.57 Å². The van der Waals surface area contributed by atoms with E-state index in [2.05, 4.69) is 78.4 Å². The van der Waals surface area contributed by atoms with E-state index in [1.807, 2.05) is 23.9 Å². The predicted octanol–water partition coefficient (Wildman–Crippen LogP) is 6.94. The maximum Gasteiger partial charge on any atom is 0.0495 e. The number of aryl methyl sites for hydroxylation is 1. The smallest absolute Gasteiger partial charge is 0.0495 e. The fourth-order valence-corrected chi connectivity index (χ4v) is 4.38. The number of rotatable bonds is 5. The zero-order valence-electron chi connectivity index (χ0n) is 14.7. The maximum absolute atomic E-state index is 5.99. The van der Waals surface area contributed by atoms with Crippen LogP contribution in [0.2, 0.25) is 5.02 Å². The molecule has 0 spiro atoms. The fraction of sp³-hybridized carbons (Fsp3) is 0.130. The summed E-state index contributed by atoms with van der Waals surface area (Å²) in [6.07, 6.45) is 2.29. The van der Waals surface area contributed by atoms with Gasteiger partial charge in [-0.3, -0.25) is 0 Å². The number of hydrogen-bond donors (Lipinski definition) is 0. The number of hydrogen-bond acceptors (Lipinski definition) is 1. The van der Waals surface area contributed by atoms with Gasteiger partial charge in [-0.25, -0.2) is 0 Å². The molecule has 26 heavy (non-hydrogen) atoms. The lowest BCUT2D eigenvalue weighted by Gasteiger charge is -2.06. The van der Waals surface area contributed by atoms with Gasteiger partial charge in [0.1, 0.15) is 0 Å². The number of nitrogens with zero attached hydrogens (tertiary/aromatic N) is 1. The van der Waals surface area contributed by atoms with Gasteiger partial charge in [-0.1, -0.05) is 71.8 Å². The molecule has 0 atom stereocenters. The van der Waals surface area contributed by atoms with Crippen molar-refractivity contribution in [2.75, 3.05) is 0 Å². The molecule has 4 aromatic rings. The number of fused-ring (bicyclic) bond motifs is 1. The SMILES string of the molecule is Cc1cccc(Cn2cc(SCc3ccc(Cl)cc3)c3ccccc32)c1. The summed E-state index contributed by atoms with van der Waals surface area (Å²) in [6.45, 7) is 3.04. The Bertz CT molecular complexity index is 1030. The van der Waals surface area contributed by atoms with Gasteiger partial charge in [-0.15, -0.1) is 11.8 Å². The first kappa shape index (κ1) is 17.3. The van der Waals surface area contributed by atoms with Crippen LogP contribution < -0.4 is 0 Å². The van der Waals surface area contributed by atoms with Crippen molar-refractivity contribution in [2.45, 2.75) is 24.1 Å². The molecule has 0 aliphatic rings. The Morgan fingerprint density at radius 1 is 0.885 bits per heavy atom. The van der Waals surface area contributed by atoms with Crippen molar-refractivity contribution in [3.63, 3.8) is 0 Å². The molecule has 0 fully saturated rings. The van der Waals surface area contributed by atoms with E-state index >= 15 is 0 Å². The fourth-order valence-electron chi connectivity index (χ4n) is 3.21. The lowest BCUT2D eigenvalue weighted by molar-refractivity contribution is 0.829. The Hall–Kier alpha value is -2.16. The highest BCUT2D eigenvalue weighted by molar-refractivity contribution is 7.98. The highest BCUT2D eigenvalue weighted by atomic mass is 35.5. The number of para-hydroxylation sites is 1. The number of aromatic nitrogens is 1. The maximum atomic E-state index is 5.99. The van der Waals surface area contributed by atoms with Gasteiger partial charge in [0.15, 0.2) is 0 Å². The Kier molecular flexibility index (Phi) is 5.05. The first-order valence-electron chi connectivity index (χ1n) is 8.70. The first-order valence-corrected chi connectivity index (χ1v) is 10.1. The van der Waals surface area contributed by atoms with Crippen molar-refractivity contribution in [1.29, 1.82) is 0 Å². The molecule has 1 aromatic heterocycles. The van der Waals surface area contributed by atoms with E-state index in [-0.39, 0.29) is 0 Å². The van der Waals surface area contributed by atoms with Gasteiger partial charge in [0, 0.05) is 39.3 Å². The minimum Gasteiger partial charge on any atom is -0.342 e. The summed E-state index contributed by atoms with van der Waals surface area (Å²) in [5.74, 6) is 0.940. The van der Waals surface area contributed by atoms with Crippen LogP contribution in [0, 0.1) is 6.92 Å². The van der Waals surface area contributed by atoms with Crippen LogP contribution in [0.25, 0.3) is 10.9 Å². The molecular formula is C23H20ClNS. The average molecular weight is 378 g/mol. The standard InChI is InChI=1S/C23H20ClNS/c1-17-5-4-6-19(13-17)14-25-15-23(21-7-2-3-8-22(21)25)26-16-18-9-11-20(24)12-10-18/h2-13,15H,14,16H2,1H3. The molecule has 130 valence electrons. The largest absolute Gasteiger partial charge is 0.342 e. The lowest BCUT2D eigenvalue weighted by Crippen LogP contribution is -1.97. The van der Waals surface area contributed by atoms with Crippen LogP contribution >= 0.6 is 23.4 Å². The van der Waals surface area contributed by atoms with Gasteiger partial charge in [-0.2, -0.15) is 0 Å². The van der Waals surface area contributed by atoms with E-state index < -0.39 is 0 Å². The topological polar surface area (TPSA) is 4.93 Å². The zero-order valence-corrected chi connectivity index (χ0v) is 16.2. The second-order valence-electron chi connectivity index (χ2n) is 6.54. The monoisotopic (exact) mass is 377 g/mol. The highest BCUT2D eigenvalue weighted by Crippen LogP contribution is 2.32. The molecule has 3 heteroatoms. The van der Waals surface area contributed by atoms with Crippen LogP contribution in [0.1, 0.15) is 16.7 Å². The van der Waals surface area contributed by atoms with Gasteiger partial charge in [0.25, 0.3) is 0 Å². The molecule has 1 nitrogen and oxygen atoms in total. The van der Waals surface area contributed by atoms with Crippen LogP contribution in [-0.4, -0.2) is 4.57 Å². The average Bonchev–Trinajstić information content (AvgIpc) is 2.99. The van der Waals surface area contributed by atoms with E-state index in [1.54, 1.807) is 0 Å². The summed E-state index contributed by atoms with van der Waals surface area (Å²) in [5.41, 5.74) is 5.21. The van der Waals surface area contributed by atoms with Crippen molar-refractivity contribution < 1.29 is 0 Å². The second kappa shape index (κ2) is 7.61. The van der Waals surface area contributed by atoms with Crippen LogP contribution in [0.4, 0.5) is 0 Å². The predicted molar refractivity (Wildman–Crippen MR) is 113 cm³/mol. The first-order chi connectivity index (χ1) is 12.7. The molecule has 1 heterocycles. The van der Waals surface area contributed by atoms with Crippen LogP contribution in [0.15, 0.2) is 83.9 Å². The summed E-state index contributed by atoms with van der Waals surface area (Å²) in [6, 6.07) is 25.5. The summed E-state index contributed by atoms with van der Waals surface area (Å²) in [5, 5.41) is 2.10. The van der Waals surface area contributed by atoms with Gasteiger partial charge < -0.3 is 4.57 Å². The van der Waals surface area contributed by atoms with E-state index in [0.29, 0.717) is 0 Å². The second-order valence-corrected chi connectivity index (χ2v) is 8.00. The Morgan fingerprint density at radius 2 is 1.69 bits per heavy atom. The minimum absolute atomic E-state index is 0.786. The Labute approximate surface area is 163 Å². The Morgan fingerprint density at radius 3 is 2.50 bits per heavy atom. The normalized spacial score (nSPS) is 11.2. The molecular weight excluding hydrogens is 358 g/mol. The van der Waals surface area contributed by atoms with Crippen LogP contribution in [0.5, 0.6) is 0 Å². The van der Waals surface area contributed by atoms with Crippen molar-refractivity contribution >= 4 is 34.3 Å². The van der Waals surface area contributed by atoms with E-state index in [9.17, 15) is 0 Å². The van der Waals surface area contributed by atoms with Gasteiger partial charge in [-0.05, 0) is 36.2 Å². The van der Waals surface area contributed by atoms with E-state index in [4.69, 9.17) is 11.6 Å². The minimum atomic E-state index is 0.786. The van der Waals surface area contributed by atoms with Gasteiger partial charge in [0.2, 0.25) is 0 Å².